The second kappa shape index (κ2) is 8.20. The molecule has 33 heavy (non-hydrogen) atoms. The fourth-order valence-corrected chi connectivity index (χ4v) is 4.09. The molecule has 0 unspecified atom stereocenters. The molecule has 8 nitrogen and oxygen atoms in total. The number of carbonyl (C=O) groups excluding carboxylic acids is 1. The maximum atomic E-state index is 13.3. The van der Waals surface area contributed by atoms with Crippen LogP contribution in [0.25, 0.3) is 16.6 Å². The van der Waals surface area contributed by atoms with Gasteiger partial charge in [-0.05, 0) is 49.7 Å². The van der Waals surface area contributed by atoms with Crippen LogP contribution in [0.15, 0.2) is 60.8 Å². The van der Waals surface area contributed by atoms with E-state index in [0.717, 1.165) is 28.0 Å². The van der Waals surface area contributed by atoms with Gasteiger partial charge in [-0.3, -0.25) is 18.9 Å². The Morgan fingerprint density at radius 1 is 1.09 bits per heavy atom. The largest absolute Gasteiger partial charge is 0.320 e. The number of nitrogens with one attached hydrogen (secondary N) is 1. The van der Waals surface area contributed by atoms with Gasteiger partial charge in [-0.15, -0.1) is 0 Å². The Morgan fingerprint density at radius 2 is 1.94 bits per heavy atom. The molecule has 0 aliphatic carbocycles. The highest BCUT2D eigenvalue weighted by atomic mass is 16.2. The number of imidazole rings is 1. The average molecular weight is 435 g/mol. The van der Waals surface area contributed by atoms with Gasteiger partial charge in [-0.2, -0.15) is 10.4 Å². The molecule has 0 aliphatic heterocycles. The molecular weight excluding hydrogens is 414 g/mol. The molecule has 1 amide bonds. The summed E-state index contributed by atoms with van der Waals surface area (Å²) in [6, 6.07) is 19.1. The van der Waals surface area contributed by atoms with Gasteiger partial charge in [0.1, 0.15) is 17.4 Å². The number of anilines is 1. The number of nitrogens with zero attached hydrogens (tertiary/aromatic N) is 6. The number of carbonyl (C=O) groups is 1. The third-order valence-electron chi connectivity index (χ3n) is 5.54. The molecule has 0 spiro atoms. The fraction of sp³-hybridized carbons (Fsp3) is 0.160. The van der Waals surface area contributed by atoms with E-state index in [4.69, 9.17) is 5.10 Å². The van der Waals surface area contributed by atoms with Crippen molar-refractivity contribution in [1.82, 2.24) is 24.1 Å². The Labute approximate surface area is 190 Å². The number of fused-ring (bicyclic) bond motifs is 2. The monoisotopic (exact) mass is 435 g/mol. The van der Waals surface area contributed by atoms with Crippen molar-refractivity contribution in [3.63, 3.8) is 0 Å². The molecule has 0 bridgehead atoms. The van der Waals surface area contributed by atoms with Crippen LogP contribution in [0, 0.1) is 18.3 Å². The van der Waals surface area contributed by atoms with Crippen molar-refractivity contribution in [1.29, 1.82) is 5.26 Å². The van der Waals surface area contributed by atoms with Gasteiger partial charge in [0.05, 0.1) is 29.1 Å². The molecule has 5 rings (SSSR count). The summed E-state index contributed by atoms with van der Waals surface area (Å²) >= 11 is 0. The summed E-state index contributed by atoms with van der Waals surface area (Å²) in [5.74, 6) is -0.395. The van der Waals surface area contributed by atoms with Crippen LogP contribution in [0.5, 0.6) is 0 Å². The van der Waals surface area contributed by atoms with E-state index in [0.29, 0.717) is 24.3 Å². The quantitative estimate of drug-likeness (QED) is 0.447. The van der Waals surface area contributed by atoms with E-state index >= 15 is 0 Å². The Hall–Kier alpha value is -4.51. The van der Waals surface area contributed by atoms with Gasteiger partial charge >= 0.3 is 0 Å². The zero-order valence-electron chi connectivity index (χ0n) is 18.3. The number of hydrogen-bond donors (Lipinski definition) is 1. The highest BCUT2D eigenvalue weighted by Crippen LogP contribution is 2.29. The van der Waals surface area contributed by atoms with Crippen LogP contribution in [0.4, 0.5) is 5.69 Å². The number of benzene rings is 1. The van der Waals surface area contributed by atoms with Gasteiger partial charge in [0.2, 0.25) is 0 Å². The van der Waals surface area contributed by atoms with Gasteiger partial charge in [0.15, 0.2) is 5.69 Å². The highest BCUT2D eigenvalue weighted by molar-refractivity contribution is 6.09. The van der Waals surface area contributed by atoms with Gasteiger partial charge in [-0.25, -0.2) is 4.98 Å². The van der Waals surface area contributed by atoms with E-state index in [2.05, 4.69) is 15.3 Å². The lowest BCUT2D eigenvalue weighted by Crippen LogP contribution is -2.16. The van der Waals surface area contributed by atoms with Crippen LogP contribution in [0.3, 0.4) is 0 Å². The van der Waals surface area contributed by atoms with Crippen molar-refractivity contribution < 1.29 is 4.79 Å². The first-order valence-electron chi connectivity index (χ1n) is 10.7. The van der Waals surface area contributed by atoms with Gasteiger partial charge in [0.25, 0.3) is 5.91 Å². The van der Waals surface area contributed by atoms with E-state index in [1.165, 1.54) is 0 Å². The molecule has 0 fully saturated rings. The maximum Gasteiger partial charge on any atom is 0.275 e. The predicted molar refractivity (Wildman–Crippen MR) is 125 cm³/mol. The topological polar surface area (TPSA) is 101 Å². The molecule has 0 saturated heterocycles. The number of rotatable bonds is 5. The molecule has 0 atom stereocenters. The SMILES string of the molecule is CCc1nn(Cc2cccc(C)n2)c2cccc(NC(=O)c3c(C#N)nc4ccccn34)c12. The highest BCUT2D eigenvalue weighted by Gasteiger charge is 2.21. The number of aromatic nitrogens is 5. The Balaban J connectivity index is 1.57. The summed E-state index contributed by atoms with van der Waals surface area (Å²) in [4.78, 5) is 22.1. The summed E-state index contributed by atoms with van der Waals surface area (Å²) < 4.78 is 3.54. The van der Waals surface area contributed by atoms with Crippen molar-refractivity contribution in [3.8, 4) is 6.07 Å². The standard InChI is InChI=1S/C25H21N7O/c1-3-18-23-19(29-25(33)24-20(14-26)28-22-12-4-5-13-31(22)24)10-7-11-21(23)32(30-18)15-17-9-6-8-16(2)27-17/h4-13H,3,15H2,1-2H3,(H,29,33). The van der Waals surface area contributed by atoms with Crippen molar-refractivity contribution in [2.75, 3.05) is 5.32 Å². The minimum atomic E-state index is -0.395. The lowest BCUT2D eigenvalue weighted by Gasteiger charge is -2.09. The summed E-state index contributed by atoms with van der Waals surface area (Å²) in [6.45, 7) is 4.53. The molecule has 162 valence electrons. The third-order valence-corrected chi connectivity index (χ3v) is 5.54. The number of nitriles is 1. The second-order valence-corrected chi connectivity index (χ2v) is 7.73. The molecule has 0 aliphatic rings. The van der Waals surface area contributed by atoms with Crippen molar-refractivity contribution in [3.05, 3.63) is 89.3 Å². The molecule has 5 aromatic rings. The minimum absolute atomic E-state index is 0.0859. The number of aryl methyl sites for hydroxylation is 2. The number of pyridine rings is 2. The van der Waals surface area contributed by atoms with Crippen molar-refractivity contribution >= 4 is 28.1 Å². The van der Waals surface area contributed by atoms with E-state index < -0.39 is 5.91 Å². The third kappa shape index (κ3) is 3.59. The van der Waals surface area contributed by atoms with Crippen LogP contribution in [-0.2, 0) is 13.0 Å². The summed E-state index contributed by atoms with van der Waals surface area (Å²) in [7, 11) is 0. The summed E-state index contributed by atoms with van der Waals surface area (Å²) in [5.41, 5.74) is 5.15. The molecule has 4 heterocycles. The van der Waals surface area contributed by atoms with Crippen molar-refractivity contribution in [2.45, 2.75) is 26.8 Å². The van der Waals surface area contributed by atoms with Crippen LogP contribution < -0.4 is 5.32 Å². The van der Waals surface area contributed by atoms with Gasteiger partial charge < -0.3 is 5.32 Å². The van der Waals surface area contributed by atoms with E-state index in [-0.39, 0.29) is 11.4 Å². The van der Waals surface area contributed by atoms with E-state index in [9.17, 15) is 10.1 Å². The lowest BCUT2D eigenvalue weighted by atomic mass is 10.1. The predicted octanol–water partition coefficient (Wildman–Crippen LogP) is 4.12. The summed E-state index contributed by atoms with van der Waals surface area (Å²) in [6.07, 6.45) is 2.43. The zero-order valence-corrected chi connectivity index (χ0v) is 18.3. The van der Waals surface area contributed by atoms with Crippen molar-refractivity contribution in [2.24, 2.45) is 0 Å². The van der Waals surface area contributed by atoms with Crippen LogP contribution in [0.1, 0.15) is 40.2 Å². The Kier molecular flexibility index (Phi) is 5.07. The first kappa shape index (κ1) is 20.4. The van der Waals surface area contributed by atoms with Crippen LogP contribution >= 0.6 is 0 Å². The fourth-order valence-electron chi connectivity index (χ4n) is 4.09. The maximum absolute atomic E-state index is 13.3. The first-order valence-corrected chi connectivity index (χ1v) is 10.7. The van der Waals surface area contributed by atoms with Crippen LogP contribution in [0.2, 0.25) is 0 Å². The Morgan fingerprint density at radius 3 is 2.73 bits per heavy atom. The summed E-state index contributed by atoms with van der Waals surface area (Å²) in [5, 5.41) is 18.2. The van der Waals surface area contributed by atoms with Crippen LogP contribution in [-0.4, -0.2) is 30.1 Å². The lowest BCUT2D eigenvalue weighted by molar-refractivity contribution is 0.102. The molecule has 0 radical (unpaired) electrons. The Bertz CT molecular complexity index is 1550. The smallest absolute Gasteiger partial charge is 0.275 e. The number of amides is 1. The molecule has 0 saturated carbocycles. The molecule has 1 N–H and O–H groups in total. The molecule has 4 aromatic heterocycles. The molecule has 8 heteroatoms. The molecular formula is C25H21N7O. The van der Waals surface area contributed by atoms with E-state index in [1.54, 1.807) is 22.7 Å². The zero-order chi connectivity index (χ0) is 22.9. The average Bonchev–Trinajstić information content (AvgIpc) is 3.38. The molecule has 1 aromatic carbocycles. The van der Waals surface area contributed by atoms with Gasteiger partial charge in [-0.1, -0.05) is 25.1 Å². The van der Waals surface area contributed by atoms with Gasteiger partial charge in [0, 0.05) is 17.3 Å². The normalized spacial score (nSPS) is 11.1. The minimum Gasteiger partial charge on any atom is -0.320 e. The second-order valence-electron chi connectivity index (χ2n) is 7.73. The number of hydrogen-bond acceptors (Lipinski definition) is 5. The van der Waals surface area contributed by atoms with E-state index in [1.807, 2.05) is 67.1 Å². The first-order chi connectivity index (χ1) is 16.1.